The van der Waals surface area contributed by atoms with Crippen LogP contribution in [0.4, 0.5) is 5.69 Å². The second-order valence-electron chi connectivity index (χ2n) is 5.71. The summed E-state index contributed by atoms with van der Waals surface area (Å²) in [5.74, 6) is -0.247. The number of nitrogens with zero attached hydrogens (tertiary/aromatic N) is 2. The fourth-order valence-electron chi connectivity index (χ4n) is 2.79. The number of piperidine rings is 1. The van der Waals surface area contributed by atoms with Crippen LogP contribution in [-0.2, 0) is 0 Å². The number of nitrogens with one attached hydrogen (secondary N) is 2. The number of carbonyl (C=O) groups is 2. The second kappa shape index (κ2) is 10.5. The predicted octanol–water partition coefficient (Wildman–Crippen LogP) is 3.06. The van der Waals surface area contributed by atoms with E-state index >= 15 is 0 Å². The van der Waals surface area contributed by atoms with Crippen LogP contribution in [0.5, 0.6) is 0 Å². The third-order valence-electron chi connectivity index (χ3n) is 4.24. The van der Waals surface area contributed by atoms with Crippen LogP contribution in [0.15, 0.2) is 36.0 Å². The molecule has 0 aromatic carbocycles. The zero-order valence-electron chi connectivity index (χ0n) is 14.3. The normalized spacial score (nSPS) is 14.1. The number of amides is 2. The minimum Gasteiger partial charge on any atom is -0.338 e. The molecular formula is C17H22Cl2N4O2S. The molecule has 6 nitrogen and oxygen atoms in total. The number of hydrogen-bond acceptors (Lipinski definition) is 5. The molecule has 1 aliphatic rings. The number of anilines is 1. The molecule has 2 amide bonds. The van der Waals surface area contributed by atoms with Crippen molar-refractivity contribution in [3.05, 3.63) is 46.4 Å². The highest BCUT2D eigenvalue weighted by Gasteiger charge is 2.25. The largest absolute Gasteiger partial charge is 0.338 e. The van der Waals surface area contributed by atoms with Crippen molar-refractivity contribution in [2.45, 2.75) is 18.9 Å². The molecular weight excluding hydrogens is 395 g/mol. The molecule has 0 radical (unpaired) electrons. The van der Waals surface area contributed by atoms with Gasteiger partial charge in [0.25, 0.3) is 11.8 Å². The van der Waals surface area contributed by atoms with Crippen LogP contribution in [0.1, 0.15) is 32.9 Å². The Kier molecular flexibility index (Phi) is 9.01. The first-order valence-corrected chi connectivity index (χ1v) is 8.82. The fraction of sp³-hybridized carbons (Fsp3) is 0.353. The Bertz CT molecular complexity index is 719. The van der Waals surface area contributed by atoms with Gasteiger partial charge < -0.3 is 15.5 Å². The van der Waals surface area contributed by atoms with E-state index < -0.39 is 0 Å². The van der Waals surface area contributed by atoms with E-state index in [9.17, 15) is 9.59 Å². The average molecular weight is 417 g/mol. The third kappa shape index (κ3) is 5.17. The smallest absolute Gasteiger partial charge is 0.266 e. The van der Waals surface area contributed by atoms with Crippen LogP contribution < -0.4 is 10.6 Å². The van der Waals surface area contributed by atoms with E-state index in [4.69, 9.17) is 0 Å². The number of pyridine rings is 1. The van der Waals surface area contributed by atoms with E-state index in [0.29, 0.717) is 22.2 Å². The van der Waals surface area contributed by atoms with Crippen LogP contribution in [0.25, 0.3) is 0 Å². The van der Waals surface area contributed by atoms with Gasteiger partial charge in [0.15, 0.2) is 0 Å². The minimum absolute atomic E-state index is 0. The highest BCUT2D eigenvalue weighted by molar-refractivity contribution is 7.12. The Labute approximate surface area is 169 Å². The zero-order chi connectivity index (χ0) is 16.9. The van der Waals surface area contributed by atoms with Gasteiger partial charge in [-0.25, -0.2) is 0 Å². The molecule has 1 aliphatic heterocycles. The lowest BCUT2D eigenvalue weighted by atomic mass is 10.1. The summed E-state index contributed by atoms with van der Waals surface area (Å²) in [7, 11) is 1.95. The molecule has 0 bridgehead atoms. The van der Waals surface area contributed by atoms with Crippen LogP contribution in [0.2, 0.25) is 0 Å². The van der Waals surface area contributed by atoms with E-state index in [1.807, 2.05) is 17.3 Å². The van der Waals surface area contributed by atoms with E-state index in [-0.39, 0.29) is 36.6 Å². The maximum absolute atomic E-state index is 12.7. The Hall–Kier alpha value is -1.67. The van der Waals surface area contributed by atoms with E-state index in [1.54, 1.807) is 30.6 Å². The number of halogens is 2. The summed E-state index contributed by atoms with van der Waals surface area (Å²) in [4.78, 5) is 31.4. The lowest BCUT2D eigenvalue weighted by molar-refractivity contribution is 0.0713. The number of aromatic nitrogens is 1. The quantitative estimate of drug-likeness (QED) is 0.802. The molecule has 1 saturated heterocycles. The summed E-state index contributed by atoms with van der Waals surface area (Å²) in [6.07, 6.45) is 5.04. The van der Waals surface area contributed by atoms with Gasteiger partial charge in [-0.15, -0.1) is 36.2 Å². The number of thiophene rings is 1. The summed E-state index contributed by atoms with van der Waals surface area (Å²) in [6, 6.07) is 5.54. The molecule has 3 heterocycles. The van der Waals surface area contributed by atoms with Crippen LogP contribution in [0.3, 0.4) is 0 Å². The Morgan fingerprint density at radius 3 is 2.42 bits per heavy atom. The van der Waals surface area contributed by atoms with Gasteiger partial charge in [0.2, 0.25) is 0 Å². The molecule has 0 saturated carbocycles. The average Bonchev–Trinajstić information content (AvgIpc) is 3.10. The van der Waals surface area contributed by atoms with Gasteiger partial charge >= 0.3 is 0 Å². The maximum Gasteiger partial charge on any atom is 0.266 e. The van der Waals surface area contributed by atoms with Gasteiger partial charge in [-0.3, -0.25) is 14.6 Å². The van der Waals surface area contributed by atoms with E-state index in [0.717, 1.165) is 25.9 Å². The molecule has 1 fully saturated rings. The summed E-state index contributed by atoms with van der Waals surface area (Å²) in [6.45, 7) is 1.47. The summed E-state index contributed by atoms with van der Waals surface area (Å²) < 4.78 is 0. The second-order valence-corrected chi connectivity index (χ2v) is 6.62. The molecule has 0 aliphatic carbocycles. The summed E-state index contributed by atoms with van der Waals surface area (Å²) >= 11 is 1.36. The van der Waals surface area contributed by atoms with Gasteiger partial charge in [0.05, 0.1) is 5.69 Å². The van der Waals surface area contributed by atoms with Crippen molar-refractivity contribution >= 4 is 53.7 Å². The Balaban J connectivity index is 0.00000169. The summed E-state index contributed by atoms with van der Waals surface area (Å²) in [5.41, 5.74) is 1.09. The van der Waals surface area contributed by atoms with E-state index in [1.165, 1.54) is 11.3 Å². The number of likely N-dealkylation sites (tertiary alicyclic amines) is 1. The van der Waals surface area contributed by atoms with Crippen LogP contribution in [-0.4, -0.2) is 47.9 Å². The van der Waals surface area contributed by atoms with Crippen LogP contribution >= 0.6 is 36.2 Å². The Morgan fingerprint density at radius 1 is 1.15 bits per heavy atom. The number of rotatable bonds is 4. The van der Waals surface area contributed by atoms with Crippen molar-refractivity contribution < 1.29 is 9.59 Å². The molecule has 0 atom stereocenters. The van der Waals surface area contributed by atoms with Crippen molar-refractivity contribution in [2.24, 2.45) is 0 Å². The molecule has 3 rings (SSSR count). The maximum atomic E-state index is 12.7. The van der Waals surface area contributed by atoms with Gasteiger partial charge in [0, 0.05) is 37.1 Å². The highest BCUT2D eigenvalue weighted by Crippen LogP contribution is 2.26. The monoisotopic (exact) mass is 416 g/mol. The lowest BCUT2D eigenvalue weighted by Gasteiger charge is -2.31. The first-order valence-electron chi connectivity index (χ1n) is 7.94. The highest BCUT2D eigenvalue weighted by atomic mass is 35.5. The van der Waals surface area contributed by atoms with Crippen LogP contribution in [0, 0.1) is 0 Å². The third-order valence-corrected chi connectivity index (χ3v) is 5.14. The molecule has 26 heavy (non-hydrogen) atoms. The van der Waals surface area contributed by atoms with Gasteiger partial charge in [-0.1, -0.05) is 0 Å². The topological polar surface area (TPSA) is 74.3 Å². The number of hydrogen-bond donors (Lipinski definition) is 2. The van der Waals surface area contributed by atoms with Gasteiger partial charge in [-0.05, 0) is 43.5 Å². The van der Waals surface area contributed by atoms with Crippen molar-refractivity contribution in [3.8, 4) is 0 Å². The molecule has 0 unspecified atom stereocenters. The van der Waals surface area contributed by atoms with Crippen molar-refractivity contribution in [1.29, 1.82) is 0 Å². The molecule has 0 spiro atoms. The SMILES string of the molecule is CNC1CCN(C(=O)c2sccc2NC(=O)c2ccncc2)CC1.Cl.Cl. The van der Waals surface area contributed by atoms with E-state index in [2.05, 4.69) is 15.6 Å². The standard InChI is InChI=1S/C17H20N4O2S.2ClH/c1-18-13-4-9-21(10-5-13)17(23)15-14(6-11-24-15)20-16(22)12-2-7-19-8-3-12;;/h2-3,6-8,11,13,18H,4-5,9-10H2,1H3,(H,20,22);2*1H. The molecule has 9 heteroatoms. The van der Waals surface area contributed by atoms with Gasteiger partial charge in [0.1, 0.15) is 4.88 Å². The first kappa shape index (κ1) is 22.4. The molecule has 2 aromatic rings. The minimum atomic E-state index is -0.237. The molecule has 142 valence electrons. The van der Waals surface area contributed by atoms with Crippen molar-refractivity contribution in [3.63, 3.8) is 0 Å². The molecule has 2 aromatic heterocycles. The summed E-state index contributed by atoms with van der Waals surface area (Å²) in [5, 5.41) is 7.92. The van der Waals surface area contributed by atoms with Crippen molar-refractivity contribution in [1.82, 2.24) is 15.2 Å². The zero-order valence-corrected chi connectivity index (χ0v) is 16.8. The van der Waals surface area contributed by atoms with Crippen molar-refractivity contribution in [2.75, 3.05) is 25.5 Å². The Morgan fingerprint density at radius 2 is 1.81 bits per heavy atom. The predicted molar refractivity (Wildman–Crippen MR) is 109 cm³/mol. The lowest BCUT2D eigenvalue weighted by Crippen LogP contribution is -2.43. The number of carbonyl (C=O) groups excluding carboxylic acids is 2. The first-order chi connectivity index (χ1) is 11.7. The molecule has 2 N–H and O–H groups in total. The van der Waals surface area contributed by atoms with Gasteiger partial charge in [-0.2, -0.15) is 0 Å². The fourth-order valence-corrected chi connectivity index (χ4v) is 3.60.